The number of ether oxygens (including phenoxy) is 2. The number of carbonyl (C=O) groups is 2. The Kier molecular flexibility index (Phi) is 13.4. The van der Waals surface area contributed by atoms with E-state index in [0.29, 0.717) is 34.8 Å². The van der Waals surface area contributed by atoms with Crippen molar-refractivity contribution in [3.63, 3.8) is 0 Å². The van der Waals surface area contributed by atoms with Crippen molar-refractivity contribution in [1.82, 2.24) is 30.4 Å². The average Bonchev–Trinajstić information content (AvgIpc) is 3.94. The fourth-order valence-corrected chi connectivity index (χ4v) is 8.34. The van der Waals surface area contributed by atoms with E-state index in [1.165, 1.54) is 51.4 Å². The third-order valence-corrected chi connectivity index (χ3v) is 11.8. The van der Waals surface area contributed by atoms with E-state index in [2.05, 4.69) is 34.2 Å². The SMILES string of the molecule is CCCCCC1CCC(C(=O)Oc2ccc(-c3n[nH]c(-c4cccc(-c5nc(-c6ccc(OC(=O)C7CCC(CCCCC)CC7)cc6)n[nH]5)c4)n3)cc2)CC1. The summed E-state index contributed by atoms with van der Waals surface area (Å²) in [6.45, 7) is 4.48. The minimum Gasteiger partial charge on any atom is -0.426 e. The molecule has 0 spiro atoms. The maximum Gasteiger partial charge on any atom is 0.314 e. The summed E-state index contributed by atoms with van der Waals surface area (Å²) in [6, 6.07) is 22.6. The first kappa shape index (κ1) is 39.1. The molecule has 294 valence electrons. The molecule has 0 atom stereocenters. The zero-order chi connectivity index (χ0) is 38.7. The lowest BCUT2D eigenvalue weighted by molar-refractivity contribution is -0.141. The Hall–Kier alpha value is -5.12. The summed E-state index contributed by atoms with van der Waals surface area (Å²) in [4.78, 5) is 35.3. The first-order valence-corrected chi connectivity index (χ1v) is 21.1. The number of aromatic nitrogens is 6. The monoisotopic (exact) mass is 756 g/mol. The summed E-state index contributed by atoms with van der Waals surface area (Å²) in [7, 11) is 0. The third-order valence-electron chi connectivity index (χ3n) is 11.8. The Morgan fingerprint density at radius 2 is 0.964 bits per heavy atom. The summed E-state index contributed by atoms with van der Waals surface area (Å²) >= 11 is 0. The van der Waals surface area contributed by atoms with Gasteiger partial charge in [-0.1, -0.05) is 83.4 Å². The van der Waals surface area contributed by atoms with Crippen LogP contribution in [0.1, 0.15) is 117 Å². The second-order valence-electron chi connectivity index (χ2n) is 15.9. The molecule has 10 nitrogen and oxygen atoms in total. The molecule has 0 saturated heterocycles. The molecule has 56 heavy (non-hydrogen) atoms. The van der Waals surface area contributed by atoms with Crippen LogP contribution in [-0.2, 0) is 9.59 Å². The summed E-state index contributed by atoms with van der Waals surface area (Å²) in [5, 5.41) is 15.0. The standard InChI is InChI=1S/C46H56N6O4/c1-3-5-7-10-31-14-18-35(19-15-31)45(53)55-39-26-22-33(23-27-39)41-47-43(51-49-41)37-12-9-13-38(30-37)44-48-42(50-52-44)34-24-28-40(29-25-34)56-46(54)36-20-16-32(17-21-36)11-8-6-4-2/h9,12-13,22-32,35-36H,3-8,10-11,14-21H2,1-2H3,(H,47,49,51)(H,48,50,52). The maximum atomic E-state index is 12.9. The van der Waals surface area contributed by atoms with Crippen LogP contribution in [0.2, 0.25) is 0 Å². The van der Waals surface area contributed by atoms with Crippen molar-refractivity contribution in [3.05, 3.63) is 72.8 Å². The quantitative estimate of drug-likeness (QED) is 0.0577. The molecule has 2 saturated carbocycles. The van der Waals surface area contributed by atoms with Gasteiger partial charge in [-0.3, -0.25) is 19.8 Å². The molecule has 7 rings (SSSR count). The lowest BCUT2D eigenvalue weighted by Crippen LogP contribution is -2.25. The molecule has 5 aromatic rings. The van der Waals surface area contributed by atoms with Gasteiger partial charge in [0.25, 0.3) is 0 Å². The van der Waals surface area contributed by atoms with Gasteiger partial charge in [-0.25, -0.2) is 9.97 Å². The van der Waals surface area contributed by atoms with E-state index >= 15 is 0 Å². The number of H-pyrrole nitrogens is 2. The van der Waals surface area contributed by atoms with Crippen LogP contribution in [0.5, 0.6) is 11.5 Å². The van der Waals surface area contributed by atoms with Crippen molar-refractivity contribution in [1.29, 1.82) is 0 Å². The first-order valence-electron chi connectivity index (χ1n) is 21.1. The first-order chi connectivity index (χ1) is 27.4. The van der Waals surface area contributed by atoms with Gasteiger partial charge >= 0.3 is 11.9 Å². The molecule has 0 unspecified atom stereocenters. The molecule has 0 bridgehead atoms. The molecule has 2 fully saturated rings. The Morgan fingerprint density at radius 1 is 0.554 bits per heavy atom. The van der Waals surface area contributed by atoms with Crippen LogP contribution >= 0.6 is 0 Å². The second kappa shape index (κ2) is 19.2. The van der Waals surface area contributed by atoms with E-state index in [-0.39, 0.29) is 23.8 Å². The summed E-state index contributed by atoms with van der Waals surface area (Å²) in [5.41, 5.74) is 3.33. The average molecular weight is 757 g/mol. The molecular weight excluding hydrogens is 701 g/mol. The number of hydrogen-bond acceptors (Lipinski definition) is 8. The van der Waals surface area contributed by atoms with Gasteiger partial charge < -0.3 is 9.47 Å². The number of benzene rings is 3. The van der Waals surface area contributed by atoms with E-state index in [1.54, 1.807) is 0 Å². The fraction of sp³-hybridized carbons (Fsp3) is 0.478. The number of hydrogen-bond donors (Lipinski definition) is 2. The van der Waals surface area contributed by atoms with Gasteiger partial charge in [0.15, 0.2) is 23.3 Å². The summed E-state index contributed by atoms with van der Waals surface area (Å²) < 4.78 is 11.5. The molecular formula is C46H56N6O4. The van der Waals surface area contributed by atoms with Gasteiger partial charge in [0.05, 0.1) is 11.8 Å². The van der Waals surface area contributed by atoms with Crippen molar-refractivity contribution in [2.75, 3.05) is 0 Å². The molecule has 3 aromatic carbocycles. The maximum absolute atomic E-state index is 12.9. The molecule has 2 aliphatic carbocycles. The summed E-state index contributed by atoms with van der Waals surface area (Å²) in [5.74, 6) is 4.63. The second-order valence-corrected chi connectivity index (χ2v) is 15.9. The predicted molar refractivity (Wildman–Crippen MR) is 219 cm³/mol. The zero-order valence-corrected chi connectivity index (χ0v) is 33.0. The lowest BCUT2D eigenvalue weighted by atomic mass is 9.80. The smallest absolute Gasteiger partial charge is 0.314 e. The highest BCUT2D eigenvalue weighted by molar-refractivity contribution is 5.76. The fourth-order valence-electron chi connectivity index (χ4n) is 8.34. The minimum absolute atomic E-state index is 0.0178. The highest BCUT2D eigenvalue weighted by Crippen LogP contribution is 2.35. The number of rotatable bonds is 16. The zero-order valence-electron chi connectivity index (χ0n) is 33.0. The summed E-state index contributed by atoms with van der Waals surface area (Å²) in [6.07, 6.45) is 18.4. The molecule has 0 amide bonds. The number of nitrogens with zero attached hydrogens (tertiary/aromatic N) is 4. The molecule has 2 heterocycles. The van der Waals surface area contributed by atoms with Gasteiger partial charge in [0.1, 0.15) is 11.5 Å². The van der Waals surface area contributed by atoms with E-state index < -0.39 is 0 Å². The highest BCUT2D eigenvalue weighted by atomic mass is 16.5. The van der Waals surface area contributed by atoms with Crippen LogP contribution in [0.15, 0.2) is 72.8 Å². The minimum atomic E-state index is -0.125. The number of carbonyl (C=O) groups excluding carboxylic acids is 2. The van der Waals surface area contributed by atoms with Gasteiger partial charge in [-0.2, -0.15) is 10.2 Å². The van der Waals surface area contributed by atoms with Crippen LogP contribution in [0.25, 0.3) is 45.6 Å². The molecule has 2 aromatic heterocycles. The van der Waals surface area contributed by atoms with E-state index in [1.807, 2.05) is 72.8 Å². The Balaban J connectivity index is 0.909. The molecule has 2 aliphatic rings. The number of nitrogens with one attached hydrogen (secondary N) is 2. The predicted octanol–water partition coefficient (Wildman–Crippen LogP) is 11.2. The lowest BCUT2D eigenvalue weighted by Gasteiger charge is -2.27. The van der Waals surface area contributed by atoms with Crippen LogP contribution in [0, 0.1) is 23.7 Å². The number of unbranched alkanes of at least 4 members (excludes halogenated alkanes) is 4. The van der Waals surface area contributed by atoms with Gasteiger partial charge in [0.2, 0.25) is 0 Å². The highest BCUT2D eigenvalue weighted by Gasteiger charge is 2.29. The molecule has 2 N–H and O–H groups in total. The number of aromatic amines is 2. The van der Waals surface area contributed by atoms with E-state index in [4.69, 9.17) is 19.4 Å². The third kappa shape index (κ3) is 10.2. The molecule has 10 heteroatoms. The van der Waals surface area contributed by atoms with Gasteiger partial charge in [0, 0.05) is 22.3 Å². The largest absolute Gasteiger partial charge is 0.426 e. The van der Waals surface area contributed by atoms with Crippen molar-refractivity contribution in [2.24, 2.45) is 23.7 Å². The van der Waals surface area contributed by atoms with E-state index in [0.717, 1.165) is 85.5 Å². The van der Waals surface area contributed by atoms with Crippen molar-refractivity contribution < 1.29 is 19.1 Å². The Morgan fingerprint density at radius 3 is 1.36 bits per heavy atom. The van der Waals surface area contributed by atoms with E-state index in [9.17, 15) is 9.59 Å². The van der Waals surface area contributed by atoms with Gasteiger partial charge in [-0.15, -0.1) is 0 Å². The van der Waals surface area contributed by atoms with Crippen molar-refractivity contribution in [2.45, 2.75) is 117 Å². The van der Waals surface area contributed by atoms with Crippen molar-refractivity contribution >= 4 is 11.9 Å². The number of esters is 2. The van der Waals surface area contributed by atoms with Crippen LogP contribution in [-0.4, -0.2) is 42.3 Å². The normalized spacial score (nSPS) is 19.8. The Bertz CT molecular complexity index is 1860. The molecule has 0 aliphatic heterocycles. The van der Waals surface area contributed by atoms with Crippen molar-refractivity contribution in [3.8, 4) is 57.1 Å². The van der Waals surface area contributed by atoms with Crippen LogP contribution in [0.3, 0.4) is 0 Å². The molecule has 0 radical (unpaired) electrons. The van der Waals surface area contributed by atoms with Gasteiger partial charge in [-0.05, 0) is 118 Å². The van der Waals surface area contributed by atoms with Crippen LogP contribution in [0.4, 0.5) is 0 Å². The van der Waals surface area contributed by atoms with Crippen LogP contribution < -0.4 is 9.47 Å². The topological polar surface area (TPSA) is 136 Å². The Labute approximate surface area is 330 Å².